The number of anilines is 1. The highest BCUT2D eigenvalue weighted by molar-refractivity contribution is 7.94. The molecule has 1 aromatic carbocycles. The maximum atomic E-state index is 12.0. The van der Waals surface area contributed by atoms with Crippen LogP contribution in [0.3, 0.4) is 0 Å². The van der Waals surface area contributed by atoms with Crippen LogP contribution in [-0.4, -0.2) is 27.8 Å². The average Bonchev–Trinajstić information content (AvgIpc) is 3.11. The second kappa shape index (κ2) is 5.62. The van der Waals surface area contributed by atoms with Gasteiger partial charge in [0, 0.05) is 6.20 Å². The molecule has 0 bridgehead atoms. The van der Waals surface area contributed by atoms with Crippen LogP contribution in [0.2, 0.25) is 0 Å². The normalized spacial score (nSPS) is 11.4. The minimum atomic E-state index is -3.64. The summed E-state index contributed by atoms with van der Waals surface area (Å²) in [6.45, 7) is 0.524. The van der Waals surface area contributed by atoms with Crippen molar-refractivity contribution in [2.24, 2.45) is 0 Å². The van der Waals surface area contributed by atoms with Gasteiger partial charge in [-0.25, -0.2) is 13.1 Å². The molecule has 0 aliphatic heterocycles. The fraction of sp³-hybridized carbons (Fsp3) is 0.0833. The highest BCUT2D eigenvalue weighted by Gasteiger charge is 2.17. The van der Waals surface area contributed by atoms with Crippen LogP contribution >= 0.6 is 11.5 Å². The lowest BCUT2D eigenvalue weighted by Gasteiger charge is -2.01. The van der Waals surface area contributed by atoms with Crippen molar-refractivity contribution >= 4 is 27.4 Å². The summed E-state index contributed by atoms with van der Waals surface area (Å²) < 4.78 is 31.9. The molecule has 3 rings (SSSR count). The summed E-state index contributed by atoms with van der Waals surface area (Å²) in [5.74, 6) is 0.180. The van der Waals surface area contributed by atoms with Crippen LogP contribution < -0.4 is 4.72 Å². The highest BCUT2D eigenvalue weighted by Crippen LogP contribution is 2.16. The van der Waals surface area contributed by atoms with E-state index >= 15 is 0 Å². The van der Waals surface area contributed by atoms with Crippen LogP contribution in [0.5, 0.6) is 0 Å². The lowest BCUT2D eigenvalue weighted by atomic mass is 10.2. The van der Waals surface area contributed by atoms with Crippen LogP contribution in [0.1, 0.15) is 5.56 Å². The molecule has 0 unspecified atom stereocenters. The number of aromatic nitrogens is 4. The number of hydrogen-bond donors (Lipinski definition) is 1. The van der Waals surface area contributed by atoms with E-state index in [1.54, 1.807) is 10.9 Å². The molecule has 108 valence electrons. The van der Waals surface area contributed by atoms with E-state index < -0.39 is 10.0 Å². The van der Waals surface area contributed by atoms with Crippen molar-refractivity contribution in [1.29, 1.82) is 0 Å². The van der Waals surface area contributed by atoms with Gasteiger partial charge in [-0.1, -0.05) is 35.5 Å². The van der Waals surface area contributed by atoms with Crippen molar-refractivity contribution in [3.05, 3.63) is 54.4 Å². The Balaban J connectivity index is 1.74. The fourth-order valence-corrected chi connectivity index (χ4v) is 3.43. The molecule has 0 aliphatic rings. The Bertz CT molecular complexity index is 812. The minimum absolute atomic E-state index is 0.139. The minimum Gasteiger partial charge on any atom is -0.260 e. The maximum absolute atomic E-state index is 12.0. The van der Waals surface area contributed by atoms with Gasteiger partial charge in [-0.3, -0.25) is 4.72 Å². The Hall–Kier alpha value is -2.26. The molecule has 3 aromatic rings. The van der Waals surface area contributed by atoms with Gasteiger partial charge in [-0.15, -0.1) is 5.10 Å². The summed E-state index contributed by atoms with van der Waals surface area (Å²) in [5.41, 5.74) is 1.05. The summed E-state index contributed by atoms with van der Waals surface area (Å²) in [6, 6.07) is 11.1. The molecule has 0 spiro atoms. The first-order valence-corrected chi connectivity index (χ1v) is 8.27. The van der Waals surface area contributed by atoms with E-state index in [1.165, 1.54) is 12.3 Å². The first-order chi connectivity index (χ1) is 10.1. The summed E-state index contributed by atoms with van der Waals surface area (Å²) in [4.78, 5) is 0. The molecule has 0 fully saturated rings. The number of nitrogens with zero attached hydrogens (tertiary/aromatic N) is 4. The van der Waals surface area contributed by atoms with E-state index in [0.29, 0.717) is 6.54 Å². The lowest BCUT2D eigenvalue weighted by molar-refractivity contribution is 0.603. The molecular formula is C12H11N5O2S2. The van der Waals surface area contributed by atoms with Gasteiger partial charge in [0.25, 0.3) is 10.0 Å². The average molecular weight is 321 g/mol. The van der Waals surface area contributed by atoms with Gasteiger partial charge >= 0.3 is 0 Å². The molecule has 2 aromatic heterocycles. The second-order valence-electron chi connectivity index (χ2n) is 4.22. The second-order valence-corrected chi connectivity index (χ2v) is 6.97. The molecule has 1 N–H and O–H groups in total. The first-order valence-electron chi connectivity index (χ1n) is 6.01. The van der Waals surface area contributed by atoms with Crippen molar-refractivity contribution in [3.8, 4) is 0 Å². The molecule has 7 nitrogen and oxygen atoms in total. The third kappa shape index (κ3) is 3.26. The van der Waals surface area contributed by atoms with E-state index in [1.807, 2.05) is 30.3 Å². The number of benzene rings is 1. The van der Waals surface area contributed by atoms with Crippen molar-refractivity contribution in [1.82, 2.24) is 19.4 Å². The Morgan fingerprint density at radius 1 is 1.19 bits per heavy atom. The van der Waals surface area contributed by atoms with Crippen LogP contribution in [-0.2, 0) is 16.6 Å². The maximum Gasteiger partial charge on any atom is 0.274 e. The molecule has 21 heavy (non-hydrogen) atoms. The highest BCUT2D eigenvalue weighted by atomic mass is 32.2. The van der Waals surface area contributed by atoms with E-state index in [-0.39, 0.29) is 10.0 Å². The number of sulfonamides is 1. The molecular weight excluding hydrogens is 310 g/mol. The smallest absolute Gasteiger partial charge is 0.260 e. The predicted octanol–water partition coefficient (Wildman–Crippen LogP) is 1.58. The molecule has 0 saturated carbocycles. The third-order valence-corrected chi connectivity index (χ3v) is 5.21. The Morgan fingerprint density at radius 3 is 2.71 bits per heavy atom. The quantitative estimate of drug-likeness (QED) is 0.770. The number of nitrogens with one attached hydrogen (secondary N) is 1. The van der Waals surface area contributed by atoms with Crippen LogP contribution in [0.15, 0.2) is 53.0 Å². The van der Waals surface area contributed by atoms with Crippen molar-refractivity contribution in [3.63, 3.8) is 0 Å². The zero-order valence-corrected chi connectivity index (χ0v) is 12.4. The predicted molar refractivity (Wildman–Crippen MR) is 78.5 cm³/mol. The van der Waals surface area contributed by atoms with Crippen molar-refractivity contribution in [2.45, 2.75) is 10.8 Å². The largest absolute Gasteiger partial charge is 0.274 e. The van der Waals surface area contributed by atoms with Crippen LogP contribution in [0.25, 0.3) is 0 Å². The van der Waals surface area contributed by atoms with Crippen molar-refractivity contribution < 1.29 is 8.42 Å². The molecule has 0 saturated heterocycles. The standard InChI is InChI=1S/C12H11N5O2S2/c18-21(19,12-6-7-13-20-12)15-11-9-17(16-14-11)8-10-4-2-1-3-5-10/h1-7,9,15H,8H2. The topological polar surface area (TPSA) is 89.8 Å². The summed E-state index contributed by atoms with van der Waals surface area (Å²) in [7, 11) is -3.64. The Morgan fingerprint density at radius 2 is 2.00 bits per heavy atom. The summed E-state index contributed by atoms with van der Waals surface area (Å²) in [6.07, 6.45) is 2.98. The van der Waals surface area contributed by atoms with Gasteiger partial charge in [-0.05, 0) is 23.2 Å². The Kier molecular flexibility index (Phi) is 3.67. The summed E-state index contributed by atoms with van der Waals surface area (Å²) >= 11 is 0.903. The van der Waals surface area contributed by atoms with Crippen molar-refractivity contribution in [2.75, 3.05) is 4.72 Å². The third-order valence-electron chi connectivity index (χ3n) is 2.64. The molecule has 0 radical (unpaired) electrons. The zero-order valence-electron chi connectivity index (χ0n) is 10.7. The monoisotopic (exact) mass is 321 g/mol. The number of hydrogen-bond acceptors (Lipinski definition) is 6. The molecule has 0 atom stereocenters. The lowest BCUT2D eigenvalue weighted by Crippen LogP contribution is -2.11. The fourth-order valence-electron chi connectivity index (χ4n) is 1.72. The summed E-state index contributed by atoms with van der Waals surface area (Å²) in [5, 5.41) is 7.72. The number of rotatable bonds is 5. The molecule has 0 aliphatic carbocycles. The van der Waals surface area contributed by atoms with E-state index in [9.17, 15) is 8.42 Å². The van der Waals surface area contributed by atoms with Gasteiger partial charge < -0.3 is 0 Å². The van der Waals surface area contributed by atoms with Gasteiger partial charge in [-0.2, -0.15) is 4.37 Å². The SMILES string of the molecule is O=S(=O)(Nc1cn(Cc2ccccc2)nn1)c1ccns1. The van der Waals surface area contributed by atoms with Gasteiger partial charge in [0.2, 0.25) is 0 Å². The van der Waals surface area contributed by atoms with Crippen LogP contribution in [0, 0.1) is 0 Å². The van der Waals surface area contributed by atoms with Crippen LogP contribution in [0.4, 0.5) is 5.82 Å². The van der Waals surface area contributed by atoms with Gasteiger partial charge in [0.15, 0.2) is 10.0 Å². The van der Waals surface area contributed by atoms with Gasteiger partial charge in [0.05, 0.1) is 12.7 Å². The Labute approximate surface area is 125 Å². The first kappa shape index (κ1) is 13.7. The zero-order chi connectivity index (χ0) is 14.7. The van der Waals surface area contributed by atoms with E-state index in [0.717, 1.165) is 17.1 Å². The van der Waals surface area contributed by atoms with E-state index in [4.69, 9.17) is 0 Å². The molecule has 9 heteroatoms. The van der Waals surface area contributed by atoms with E-state index in [2.05, 4.69) is 19.4 Å². The molecule has 2 heterocycles. The molecule has 0 amide bonds. The van der Waals surface area contributed by atoms with Gasteiger partial charge in [0.1, 0.15) is 0 Å².